The van der Waals surface area contributed by atoms with Gasteiger partial charge in [0.2, 0.25) is 0 Å². The van der Waals surface area contributed by atoms with Crippen LogP contribution in [0.25, 0.3) is 11.6 Å². The fourth-order valence-corrected chi connectivity index (χ4v) is 1.99. The van der Waals surface area contributed by atoms with E-state index in [1.807, 2.05) is 24.3 Å². The van der Waals surface area contributed by atoms with E-state index in [-0.39, 0.29) is 5.56 Å². The average Bonchev–Trinajstić information content (AvgIpc) is 2.53. The highest BCUT2D eigenvalue weighted by Gasteiger charge is 2.05. The molecule has 0 bridgehead atoms. The van der Waals surface area contributed by atoms with Crippen molar-refractivity contribution in [2.75, 3.05) is 0 Å². The van der Waals surface area contributed by atoms with E-state index in [4.69, 9.17) is 5.11 Å². The number of nitriles is 1. The highest BCUT2D eigenvalue weighted by molar-refractivity contribution is 5.92. The molecular weight excluding hydrogens is 262 g/mol. The van der Waals surface area contributed by atoms with E-state index < -0.39 is 5.97 Å². The van der Waals surface area contributed by atoms with Gasteiger partial charge in [-0.25, -0.2) is 4.79 Å². The third-order valence-electron chi connectivity index (χ3n) is 3.26. The second-order valence-corrected chi connectivity index (χ2v) is 4.65. The summed E-state index contributed by atoms with van der Waals surface area (Å²) in [5.41, 5.74) is 3.63. The van der Waals surface area contributed by atoms with Gasteiger partial charge in [-0.2, -0.15) is 5.26 Å². The monoisotopic (exact) mass is 277 g/mol. The molecule has 0 aliphatic rings. The molecule has 3 nitrogen and oxygen atoms in total. The zero-order valence-corrected chi connectivity index (χ0v) is 11.7. The van der Waals surface area contributed by atoms with E-state index in [2.05, 4.69) is 13.0 Å². The van der Waals surface area contributed by atoms with Crippen LogP contribution in [0.3, 0.4) is 0 Å². The standard InChI is InChI=1S/C18H15NO2/c1-2-13-3-5-14(6-4-13)11-17(12-19)15-7-9-16(10-8-15)18(20)21/h3-11H,2H2,1H3,(H,20,21)/b17-11-. The van der Waals surface area contributed by atoms with Crippen LogP contribution in [0.5, 0.6) is 0 Å². The normalized spacial score (nSPS) is 11.0. The molecule has 0 radical (unpaired) electrons. The van der Waals surface area contributed by atoms with Gasteiger partial charge in [-0.15, -0.1) is 0 Å². The summed E-state index contributed by atoms with van der Waals surface area (Å²) in [4.78, 5) is 10.8. The minimum Gasteiger partial charge on any atom is -0.478 e. The summed E-state index contributed by atoms with van der Waals surface area (Å²) in [6.45, 7) is 2.09. The summed E-state index contributed by atoms with van der Waals surface area (Å²) in [6, 6.07) is 16.5. The lowest BCUT2D eigenvalue weighted by Gasteiger charge is -2.02. The van der Waals surface area contributed by atoms with Gasteiger partial charge in [0.1, 0.15) is 0 Å². The van der Waals surface area contributed by atoms with Crippen molar-refractivity contribution in [2.24, 2.45) is 0 Å². The fraction of sp³-hybridized carbons (Fsp3) is 0.111. The van der Waals surface area contributed by atoms with E-state index in [0.29, 0.717) is 11.1 Å². The molecule has 104 valence electrons. The smallest absolute Gasteiger partial charge is 0.335 e. The van der Waals surface area contributed by atoms with Gasteiger partial charge in [-0.1, -0.05) is 43.3 Å². The van der Waals surface area contributed by atoms with Gasteiger partial charge in [-0.05, 0) is 41.3 Å². The second-order valence-electron chi connectivity index (χ2n) is 4.65. The maximum absolute atomic E-state index is 10.8. The van der Waals surface area contributed by atoms with Crippen LogP contribution in [-0.4, -0.2) is 11.1 Å². The molecule has 0 fully saturated rings. The molecule has 0 saturated heterocycles. The van der Waals surface area contributed by atoms with Crippen LogP contribution >= 0.6 is 0 Å². The zero-order chi connectivity index (χ0) is 15.2. The van der Waals surface area contributed by atoms with Gasteiger partial charge in [0, 0.05) is 0 Å². The lowest BCUT2D eigenvalue weighted by molar-refractivity contribution is 0.0697. The number of hydrogen-bond acceptors (Lipinski definition) is 2. The van der Waals surface area contributed by atoms with E-state index in [9.17, 15) is 10.1 Å². The third kappa shape index (κ3) is 3.58. The highest BCUT2D eigenvalue weighted by atomic mass is 16.4. The van der Waals surface area contributed by atoms with Gasteiger partial charge < -0.3 is 5.11 Å². The second kappa shape index (κ2) is 6.53. The Kier molecular flexibility index (Phi) is 4.53. The summed E-state index contributed by atoms with van der Waals surface area (Å²) in [7, 11) is 0. The SMILES string of the molecule is CCc1ccc(/C=C(/C#N)c2ccc(C(=O)O)cc2)cc1. The number of aromatic carboxylic acids is 1. The van der Waals surface area contributed by atoms with E-state index in [1.54, 1.807) is 18.2 Å². The molecule has 0 aromatic heterocycles. The van der Waals surface area contributed by atoms with Crippen molar-refractivity contribution in [3.05, 3.63) is 70.8 Å². The highest BCUT2D eigenvalue weighted by Crippen LogP contribution is 2.19. The van der Waals surface area contributed by atoms with Crippen molar-refractivity contribution < 1.29 is 9.90 Å². The fourth-order valence-electron chi connectivity index (χ4n) is 1.99. The van der Waals surface area contributed by atoms with Crippen molar-refractivity contribution in [3.63, 3.8) is 0 Å². The quantitative estimate of drug-likeness (QED) is 0.678. The molecule has 2 aromatic rings. The van der Waals surface area contributed by atoms with Crippen molar-refractivity contribution >= 4 is 17.6 Å². The number of nitrogens with zero attached hydrogens (tertiary/aromatic N) is 1. The molecule has 0 aliphatic heterocycles. The number of carbonyl (C=O) groups is 1. The Morgan fingerprint density at radius 1 is 1.10 bits per heavy atom. The molecule has 1 N–H and O–H groups in total. The molecule has 0 spiro atoms. The molecule has 2 aromatic carbocycles. The Labute approximate surface area is 123 Å². The van der Waals surface area contributed by atoms with Gasteiger partial charge in [-0.3, -0.25) is 0 Å². The zero-order valence-electron chi connectivity index (χ0n) is 11.7. The summed E-state index contributed by atoms with van der Waals surface area (Å²) in [6.07, 6.45) is 2.78. The Balaban J connectivity index is 2.31. The van der Waals surface area contributed by atoms with E-state index in [1.165, 1.54) is 17.7 Å². The number of rotatable bonds is 4. The van der Waals surface area contributed by atoms with E-state index in [0.717, 1.165) is 12.0 Å². The molecule has 2 rings (SSSR count). The molecule has 0 unspecified atom stereocenters. The summed E-state index contributed by atoms with van der Waals surface area (Å²) >= 11 is 0. The minimum atomic E-state index is -0.973. The first kappa shape index (κ1) is 14.5. The minimum absolute atomic E-state index is 0.211. The van der Waals surface area contributed by atoms with Crippen LogP contribution in [0, 0.1) is 11.3 Å². The van der Waals surface area contributed by atoms with Gasteiger partial charge in [0.05, 0.1) is 17.2 Å². The summed E-state index contributed by atoms with van der Waals surface area (Å²) < 4.78 is 0. The summed E-state index contributed by atoms with van der Waals surface area (Å²) in [5, 5.41) is 18.2. The maximum Gasteiger partial charge on any atom is 0.335 e. The number of allylic oxidation sites excluding steroid dienone is 1. The lowest BCUT2D eigenvalue weighted by atomic mass is 10.0. The van der Waals surface area contributed by atoms with Gasteiger partial charge in [0.15, 0.2) is 0 Å². The van der Waals surface area contributed by atoms with Crippen molar-refractivity contribution in [1.82, 2.24) is 0 Å². The Bertz CT molecular complexity index is 704. The molecule has 0 heterocycles. The van der Waals surface area contributed by atoms with Crippen LogP contribution < -0.4 is 0 Å². The molecule has 0 aliphatic carbocycles. The first-order valence-electron chi connectivity index (χ1n) is 6.68. The largest absolute Gasteiger partial charge is 0.478 e. The molecular formula is C18H15NO2. The predicted molar refractivity (Wildman–Crippen MR) is 82.7 cm³/mol. The number of aryl methyl sites for hydroxylation is 1. The maximum atomic E-state index is 10.8. The van der Waals surface area contributed by atoms with Crippen molar-refractivity contribution in [2.45, 2.75) is 13.3 Å². The van der Waals surface area contributed by atoms with Gasteiger partial charge >= 0.3 is 5.97 Å². The average molecular weight is 277 g/mol. The number of hydrogen-bond donors (Lipinski definition) is 1. The molecule has 0 amide bonds. The van der Waals surface area contributed by atoms with E-state index >= 15 is 0 Å². The summed E-state index contributed by atoms with van der Waals surface area (Å²) in [5.74, 6) is -0.973. The van der Waals surface area contributed by atoms with Crippen LogP contribution in [0.4, 0.5) is 0 Å². The van der Waals surface area contributed by atoms with Crippen LogP contribution in [0.1, 0.15) is 34.0 Å². The molecule has 3 heteroatoms. The first-order chi connectivity index (χ1) is 10.1. The van der Waals surface area contributed by atoms with Crippen LogP contribution in [-0.2, 0) is 6.42 Å². The predicted octanol–water partition coefficient (Wildman–Crippen LogP) is 4.01. The van der Waals surface area contributed by atoms with Crippen LogP contribution in [0.2, 0.25) is 0 Å². The Morgan fingerprint density at radius 3 is 2.14 bits per heavy atom. The lowest BCUT2D eigenvalue weighted by Crippen LogP contribution is -1.95. The molecule has 21 heavy (non-hydrogen) atoms. The Morgan fingerprint density at radius 2 is 1.67 bits per heavy atom. The number of benzene rings is 2. The molecule has 0 atom stereocenters. The number of carboxylic acids is 1. The number of carboxylic acid groups (broad SMARTS) is 1. The topological polar surface area (TPSA) is 61.1 Å². The third-order valence-corrected chi connectivity index (χ3v) is 3.26. The van der Waals surface area contributed by atoms with Crippen LogP contribution in [0.15, 0.2) is 48.5 Å². The molecule has 0 saturated carbocycles. The van der Waals surface area contributed by atoms with Gasteiger partial charge in [0.25, 0.3) is 0 Å². The van der Waals surface area contributed by atoms with Crippen molar-refractivity contribution in [3.8, 4) is 6.07 Å². The Hall–Kier alpha value is -2.86. The first-order valence-corrected chi connectivity index (χ1v) is 6.68. The van der Waals surface area contributed by atoms with Crippen molar-refractivity contribution in [1.29, 1.82) is 5.26 Å².